The standard InChI is InChI=1S/C32H46ClN3O3/c1-22(37)32(26-9-3-2-4-10-26)15-17-36(18-16-32)31(39)29(19-23-11-13-27(33)14-12-23)35-30(38)28-20-24-7-5-6-8-25(24)21-34-28/h11-14,24-26,28-29,34H,2-10,15-21H2,1H3,(H,35,38)/t24?,25?,28-,29?/m1/s1. The van der Waals surface area contributed by atoms with Crippen molar-refractivity contribution in [2.24, 2.45) is 23.2 Å². The van der Waals surface area contributed by atoms with E-state index in [1.807, 2.05) is 29.2 Å². The van der Waals surface area contributed by atoms with Crippen molar-refractivity contribution in [2.45, 2.75) is 102 Å². The fraction of sp³-hybridized carbons (Fsp3) is 0.719. The van der Waals surface area contributed by atoms with Gasteiger partial charge in [0.05, 0.1) is 6.04 Å². The zero-order chi connectivity index (χ0) is 27.4. The first-order chi connectivity index (χ1) is 18.9. The highest BCUT2D eigenvalue weighted by Gasteiger charge is 2.46. The summed E-state index contributed by atoms with van der Waals surface area (Å²) in [5, 5.41) is 7.29. The number of hydrogen-bond acceptors (Lipinski definition) is 4. The Morgan fingerprint density at radius 1 is 0.974 bits per heavy atom. The van der Waals surface area contributed by atoms with Crippen molar-refractivity contribution in [1.29, 1.82) is 0 Å². The van der Waals surface area contributed by atoms with Crippen LogP contribution in [0.15, 0.2) is 24.3 Å². The number of ketones is 1. The van der Waals surface area contributed by atoms with Gasteiger partial charge in [-0.3, -0.25) is 14.4 Å². The molecule has 0 radical (unpaired) electrons. The van der Waals surface area contributed by atoms with Crippen molar-refractivity contribution in [3.63, 3.8) is 0 Å². The molecule has 0 aromatic heterocycles. The highest BCUT2D eigenvalue weighted by Crippen LogP contribution is 2.46. The molecule has 0 bridgehead atoms. The Bertz CT molecular complexity index is 1010. The van der Waals surface area contributed by atoms with Crippen molar-refractivity contribution in [3.05, 3.63) is 34.9 Å². The molecule has 7 heteroatoms. The molecule has 4 fully saturated rings. The molecule has 2 heterocycles. The third kappa shape index (κ3) is 6.53. The average Bonchev–Trinajstić information content (AvgIpc) is 2.97. The molecule has 1 aromatic rings. The van der Waals surface area contributed by atoms with Crippen LogP contribution in [0.5, 0.6) is 0 Å². The van der Waals surface area contributed by atoms with Crippen molar-refractivity contribution in [1.82, 2.24) is 15.5 Å². The Hall–Kier alpha value is -1.92. The van der Waals surface area contributed by atoms with E-state index in [2.05, 4.69) is 10.6 Å². The van der Waals surface area contributed by atoms with E-state index in [1.165, 1.54) is 44.9 Å². The quantitative estimate of drug-likeness (QED) is 0.478. The van der Waals surface area contributed by atoms with Crippen LogP contribution in [0.3, 0.4) is 0 Å². The SMILES string of the molecule is CC(=O)C1(C2CCCCC2)CCN(C(=O)C(Cc2ccc(Cl)cc2)NC(=O)[C@H]2CC3CCCCC3CN2)CC1. The van der Waals surface area contributed by atoms with Gasteiger partial charge in [-0.2, -0.15) is 0 Å². The van der Waals surface area contributed by atoms with Crippen molar-refractivity contribution < 1.29 is 14.4 Å². The molecule has 39 heavy (non-hydrogen) atoms. The Morgan fingerprint density at radius 3 is 2.28 bits per heavy atom. The summed E-state index contributed by atoms with van der Waals surface area (Å²) < 4.78 is 0. The van der Waals surface area contributed by atoms with Gasteiger partial charge in [-0.1, -0.05) is 62.3 Å². The van der Waals surface area contributed by atoms with E-state index in [0.29, 0.717) is 42.3 Å². The lowest BCUT2D eigenvalue weighted by molar-refractivity contribution is -0.144. The molecule has 2 aliphatic heterocycles. The molecule has 2 saturated carbocycles. The molecule has 2 aliphatic carbocycles. The minimum atomic E-state index is -0.635. The van der Waals surface area contributed by atoms with Crippen LogP contribution in [0.2, 0.25) is 5.02 Å². The lowest BCUT2D eigenvalue weighted by Crippen LogP contribution is -2.59. The largest absolute Gasteiger partial charge is 0.343 e. The van der Waals surface area contributed by atoms with Gasteiger partial charge in [-0.15, -0.1) is 0 Å². The van der Waals surface area contributed by atoms with Gasteiger partial charge in [-0.05, 0) is 87.4 Å². The number of halogens is 1. The van der Waals surface area contributed by atoms with Gasteiger partial charge in [0.1, 0.15) is 11.8 Å². The minimum Gasteiger partial charge on any atom is -0.343 e. The van der Waals surface area contributed by atoms with E-state index in [-0.39, 0.29) is 29.1 Å². The van der Waals surface area contributed by atoms with Crippen LogP contribution in [0.25, 0.3) is 0 Å². The van der Waals surface area contributed by atoms with Crippen molar-refractivity contribution >= 4 is 29.2 Å². The van der Waals surface area contributed by atoms with Gasteiger partial charge < -0.3 is 15.5 Å². The maximum atomic E-state index is 14.0. The second-order valence-electron chi connectivity index (χ2n) is 12.8. The third-order valence-corrected chi connectivity index (χ3v) is 10.8. The van der Waals surface area contributed by atoms with Crippen LogP contribution in [0.1, 0.15) is 89.5 Å². The molecule has 1 aromatic carbocycles. The number of amides is 2. The van der Waals surface area contributed by atoms with E-state index < -0.39 is 6.04 Å². The summed E-state index contributed by atoms with van der Waals surface area (Å²) in [6.07, 6.45) is 13.7. The summed E-state index contributed by atoms with van der Waals surface area (Å²) in [6, 6.07) is 6.64. The molecule has 3 unspecified atom stereocenters. The number of carbonyl (C=O) groups is 3. The number of Topliss-reactive ketones (excluding diaryl/α,β-unsaturated/α-hetero) is 1. The number of rotatable bonds is 7. The predicted octanol–water partition coefficient (Wildman–Crippen LogP) is 5.31. The maximum Gasteiger partial charge on any atom is 0.245 e. The van der Waals surface area contributed by atoms with Crippen LogP contribution in [-0.2, 0) is 20.8 Å². The Balaban J connectivity index is 1.27. The number of benzene rings is 1. The van der Waals surface area contributed by atoms with Gasteiger partial charge in [0.25, 0.3) is 0 Å². The summed E-state index contributed by atoms with van der Waals surface area (Å²) >= 11 is 6.11. The number of hydrogen-bond donors (Lipinski definition) is 2. The van der Waals surface area contributed by atoms with Crippen LogP contribution in [0.4, 0.5) is 0 Å². The maximum absolute atomic E-state index is 14.0. The normalized spacial score (nSPS) is 28.3. The van der Waals surface area contributed by atoms with Crippen LogP contribution >= 0.6 is 11.6 Å². The zero-order valence-electron chi connectivity index (χ0n) is 23.6. The average molecular weight is 556 g/mol. The molecule has 5 rings (SSSR count). The Kier molecular flexibility index (Phi) is 9.33. The highest BCUT2D eigenvalue weighted by molar-refractivity contribution is 6.30. The third-order valence-electron chi connectivity index (χ3n) is 10.6. The van der Waals surface area contributed by atoms with Gasteiger partial charge >= 0.3 is 0 Å². The van der Waals surface area contributed by atoms with E-state index >= 15 is 0 Å². The fourth-order valence-corrected chi connectivity index (χ4v) is 8.25. The molecule has 0 spiro atoms. The summed E-state index contributed by atoms with van der Waals surface area (Å²) in [5.74, 6) is 1.90. The number of likely N-dealkylation sites (tertiary alicyclic amines) is 1. The number of piperidine rings is 2. The van der Waals surface area contributed by atoms with E-state index in [0.717, 1.165) is 44.2 Å². The summed E-state index contributed by atoms with van der Waals surface area (Å²) in [4.78, 5) is 42.3. The minimum absolute atomic E-state index is 0.0366. The molecule has 2 saturated heterocycles. The highest BCUT2D eigenvalue weighted by atomic mass is 35.5. The van der Waals surface area contributed by atoms with E-state index in [9.17, 15) is 14.4 Å². The zero-order valence-corrected chi connectivity index (χ0v) is 24.3. The Morgan fingerprint density at radius 2 is 1.62 bits per heavy atom. The summed E-state index contributed by atoms with van der Waals surface area (Å²) in [5.41, 5.74) is 0.675. The number of nitrogens with zero attached hydrogens (tertiary/aromatic N) is 1. The molecule has 214 valence electrons. The summed E-state index contributed by atoms with van der Waals surface area (Å²) in [6.45, 7) is 3.79. The second-order valence-corrected chi connectivity index (χ2v) is 13.2. The number of carbonyl (C=O) groups excluding carboxylic acids is 3. The van der Waals surface area contributed by atoms with E-state index in [1.54, 1.807) is 6.92 Å². The van der Waals surface area contributed by atoms with Gasteiger partial charge in [0.15, 0.2) is 0 Å². The molecule has 4 aliphatic rings. The van der Waals surface area contributed by atoms with E-state index in [4.69, 9.17) is 11.6 Å². The molecule has 4 atom stereocenters. The molecule has 6 nitrogen and oxygen atoms in total. The van der Waals surface area contributed by atoms with Crippen LogP contribution in [-0.4, -0.2) is 54.2 Å². The first-order valence-corrected chi connectivity index (χ1v) is 15.8. The number of fused-ring (bicyclic) bond motifs is 1. The second kappa shape index (κ2) is 12.7. The van der Waals surface area contributed by atoms with Crippen LogP contribution < -0.4 is 10.6 Å². The topological polar surface area (TPSA) is 78.5 Å². The summed E-state index contributed by atoms with van der Waals surface area (Å²) in [7, 11) is 0. The molecular formula is C32H46ClN3O3. The van der Waals surface area contributed by atoms with Gasteiger partial charge in [-0.25, -0.2) is 0 Å². The fourth-order valence-electron chi connectivity index (χ4n) is 8.12. The lowest BCUT2D eigenvalue weighted by atomic mass is 9.62. The smallest absolute Gasteiger partial charge is 0.245 e. The number of nitrogens with one attached hydrogen (secondary N) is 2. The first-order valence-electron chi connectivity index (χ1n) is 15.4. The monoisotopic (exact) mass is 555 g/mol. The van der Waals surface area contributed by atoms with Crippen LogP contribution in [0, 0.1) is 23.2 Å². The molecule has 2 N–H and O–H groups in total. The Labute approximate surface area is 239 Å². The molecular weight excluding hydrogens is 510 g/mol. The molecule has 2 amide bonds. The van der Waals surface area contributed by atoms with Gasteiger partial charge in [0.2, 0.25) is 11.8 Å². The van der Waals surface area contributed by atoms with Crippen molar-refractivity contribution in [2.75, 3.05) is 19.6 Å². The first kappa shape index (κ1) is 28.6. The predicted molar refractivity (Wildman–Crippen MR) is 154 cm³/mol. The van der Waals surface area contributed by atoms with Crippen molar-refractivity contribution in [3.8, 4) is 0 Å². The lowest BCUT2D eigenvalue weighted by Gasteiger charge is -2.47. The van der Waals surface area contributed by atoms with Gasteiger partial charge in [0, 0.05) is 29.9 Å².